The van der Waals surface area contributed by atoms with E-state index in [9.17, 15) is 9.00 Å². The summed E-state index contributed by atoms with van der Waals surface area (Å²) in [7, 11) is -1.07. The summed E-state index contributed by atoms with van der Waals surface area (Å²) in [5, 5.41) is 0. The van der Waals surface area contributed by atoms with Crippen molar-refractivity contribution in [3.8, 4) is 0 Å². The van der Waals surface area contributed by atoms with Crippen LogP contribution in [0.1, 0.15) is 44.2 Å². The SMILES string of the molecule is CC/C=C(\C)S(=O)N1CCC(N2C(=O)OCc3cccc(C)c32)CC1. The lowest BCUT2D eigenvalue weighted by molar-refractivity contribution is 0.136. The average Bonchev–Trinajstić information content (AvgIpc) is 2.62. The molecule has 0 spiro atoms. The van der Waals surface area contributed by atoms with Gasteiger partial charge in [-0.2, -0.15) is 0 Å². The molecule has 0 saturated carbocycles. The number of fused-ring (bicyclic) bond motifs is 1. The monoisotopic (exact) mass is 362 g/mol. The van der Waals surface area contributed by atoms with Gasteiger partial charge in [0.15, 0.2) is 0 Å². The van der Waals surface area contributed by atoms with E-state index in [1.165, 1.54) is 0 Å². The quantitative estimate of drug-likeness (QED) is 0.816. The van der Waals surface area contributed by atoms with Crippen molar-refractivity contribution >= 4 is 22.8 Å². The van der Waals surface area contributed by atoms with Crippen molar-refractivity contribution in [2.24, 2.45) is 0 Å². The summed E-state index contributed by atoms with van der Waals surface area (Å²) in [5.41, 5.74) is 3.16. The summed E-state index contributed by atoms with van der Waals surface area (Å²) >= 11 is 0. The Kier molecular flexibility index (Phi) is 5.59. The molecule has 1 unspecified atom stereocenters. The molecular weight excluding hydrogens is 336 g/mol. The molecule has 0 radical (unpaired) electrons. The molecule has 2 heterocycles. The number of para-hydroxylation sites is 1. The number of anilines is 1. The largest absolute Gasteiger partial charge is 0.444 e. The van der Waals surface area contributed by atoms with Gasteiger partial charge < -0.3 is 4.74 Å². The highest BCUT2D eigenvalue weighted by Crippen LogP contribution is 2.34. The Hall–Kier alpha value is -1.66. The summed E-state index contributed by atoms with van der Waals surface area (Å²) in [6.07, 6.45) is 4.25. The van der Waals surface area contributed by atoms with Crippen molar-refractivity contribution in [1.82, 2.24) is 4.31 Å². The number of aryl methyl sites for hydroxylation is 1. The fourth-order valence-corrected chi connectivity index (χ4v) is 4.90. The van der Waals surface area contributed by atoms with Gasteiger partial charge in [0.1, 0.15) is 17.6 Å². The Morgan fingerprint density at radius 1 is 1.36 bits per heavy atom. The number of rotatable bonds is 4. The van der Waals surface area contributed by atoms with Crippen LogP contribution in [0, 0.1) is 6.92 Å². The number of carbonyl (C=O) groups excluding carboxylic acids is 1. The molecule has 1 amide bonds. The number of ether oxygens (including phenoxy) is 1. The second kappa shape index (κ2) is 7.70. The van der Waals surface area contributed by atoms with Crippen molar-refractivity contribution in [1.29, 1.82) is 0 Å². The fraction of sp³-hybridized carbons (Fsp3) is 0.526. The van der Waals surface area contributed by atoms with Crippen molar-refractivity contribution < 1.29 is 13.7 Å². The number of benzene rings is 1. The van der Waals surface area contributed by atoms with Gasteiger partial charge in [-0.15, -0.1) is 0 Å². The molecule has 3 rings (SSSR count). The molecule has 1 aromatic rings. The van der Waals surface area contributed by atoms with Gasteiger partial charge in [-0.1, -0.05) is 31.2 Å². The summed E-state index contributed by atoms with van der Waals surface area (Å²) in [4.78, 5) is 15.2. The molecule has 0 aliphatic carbocycles. The highest BCUT2D eigenvalue weighted by Gasteiger charge is 2.36. The average molecular weight is 362 g/mol. The van der Waals surface area contributed by atoms with Crippen LogP contribution in [0.25, 0.3) is 0 Å². The molecular formula is C19H26N2O3S. The number of cyclic esters (lactones) is 1. The van der Waals surface area contributed by atoms with E-state index in [0.717, 1.165) is 54.1 Å². The predicted octanol–water partition coefficient (Wildman–Crippen LogP) is 3.89. The van der Waals surface area contributed by atoms with Crippen LogP contribution in [0.4, 0.5) is 10.5 Å². The van der Waals surface area contributed by atoms with Crippen molar-refractivity contribution in [3.63, 3.8) is 0 Å². The topological polar surface area (TPSA) is 49.9 Å². The lowest BCUT2D eigenvalue weighted by Crippen LogP contribution is -2.50. The third-order valence-electron chi connectivity index (χ3n) is 4.90. The molecule has 2 aliphatic rings. The lowest BCUT2D eigenvalue weighted by Gasteiger charge is -2.40. The Bertz CT molecular complexity index is 709. The third kappa shape index (κ3) is 3.65. The molecule has 136 valence electrons. The van der Waals surface area contributed by atoms with E-state index < -0.39 is 11.0 Å². The summed E-state index contributed by atoms with van der Waals surface area (Å²) in [5.74, 6) is 0. The molecule has 2 aliphatic heterocycles. The van der Waals surface area contributed by atoms with Crippen LogP contribution < -0.4 is 4.90 Å². The van der Waals surface area contributed by atoms with Gasteiger partial charge in [0.05, 0.1) is 5.69 Å². The van der Waals surface area contributed by atoms with E-state index in [1.807, 2.05) is 47.3 Å². The number of amides is 1. The Balaban J connectivity index is 1.75. The number of piperidine rings is 1. The minimum absolute atomic E-state index is 0.0939. The van der Waals surface area contributed by atoms with E-state index in [1.54, 1.807) is 0 Å². The van der Waals surface area contributed by atoms with Crippen LogP contribution in [0.2, 0.25) is 0 Å². The van der Waals surface area contributed by atoms with E-state index in [2.05, 4.69) is 6.92 Å². The normalized spacial score (nSPS) is 21.0. The first kappa shape index (κ1) is 18.1. The lowest BCUT2D eigenvalue weighted by atomic mass is 10.00. The van der Waals surface area contributed by atoms with Gasteiger partial charge in [0, 0.05) is 29.6 Å². The van der Waals surface area contributed by atoms with Gasteiger partial charge in [0.25, 0.3) is 0 Å². The Morgan fingerprint density at radius 3 is 2.76 bits per heavy atom. The van der Waals surface area contributed by atoms with E-state index in [-0.39, 0.29) is 12.1 Å². The molecule has 1 fully saturated rings. The van der Waals surface area contributed by atoms with E-state index in [4.69, 9.17) is 4.74 Å². The molecule has 6 heteroatoms. The van der Waals surface area contributed by atoms with Crippen molar-refractivity contribution in [3.05, 3.63) is 40.3 Å². The highest BCUT2D eigenvalue weighted by molar-refractivity contribution is 7.86. The van der Waals surface area contributed by atoms with E-state index in [0.29, 0.717) is 6.61 Å². The molecule has 1 atom stereocenters. The van der Waals surface area contributed by atoms with Gasteiger partial charge in [0.2, 0.25) is 0 Å². The van der Waals surface area contributed by atoms with Crippen molar-refractivity contribution in [2.75, 3.05) is 18.0 Å². The molecule has 0 bridgehead atoms. The maximum Gasteiger partial charge on any atom is 0.414 e. The number of allylic oxidation sites excluding steroid dienone is 2. The molecule has 1 aromatic carbocycles. The van der Waals surface area contributed by atoms with Crippen LogP contribution >= 0.6 is 0 Å². The maximum atomic E-state index is 12.6. The summed E-state index contributed by atoms with van der Waals surface area (Å²) in [6.45, 7) is 7.79. The summed E-state index contributed by atoms with van der Waals surface area (Å²) < 4.78 is 19.9. The maximum absolute atomic E-state index is 12.6. The van der Waals surface area contributed by atoms with Gasteiger partial charge >= 0.3 is 6.09 Å². The molecule has 25 heavy (non-hydrogen) atoms. The fourth-order valence-electron chi connectivity index (χ4n) is 3.64. The zero-order valence-corrected chi connectivity index (χ0v) is 16.0. The smallest absolute Gasteiger partial charge is 0.414 e. The van der Waals surface area contributed by atoms with Crippen LogP contribution in [0.5, 0.6) is 0 Å². The number of hydrogen-bond acceptors (Lipinski definition) is 3. The standard InChI is InChI=1S/C19H26N2O3S/c1-4-6-15(3)25(23)20-11-9-17(10-12-20)21-18-14(2)7-5-8-16(18)13-24-19(21)22/h5-8,17H,4,9-13H2,1-3H3/b15-6+. The van der Waals surface area contributed by atoms with Crippen molar-refractivity contribution in [2.45, 2.75) is 52.7 Å². The number of nitrogens with zero attached hydrogens (tertiary/aromatic N) is 2. The number of carbonyl (C=O) groups is 1. The van der Waals surface area contributed by atoms with Crippen LogP contribution in [-0.2, 0) is 22.3 Å². The van der Waals surface area contributed by atoms with Gasteiger partial charge in [-0.3, -0.25) is 4.90 Å². The third-order valence-corrected chi connectivity index (χ3v) is 6.45. The minimum Gasteiger partial charge on any atom is -0.444 e. The molecule has 5 nitrogen and oxygen atoms in total. The first-order valence-corrected chi connectivity index (χ1v) is 10.0. The highest BCUT2D eigenvalue weighted by atomic mass is 32.2. The van der Waals surface area contributed by atoms with Crippen LogP contribution in [0.15, 0.2) is 29.2 Å². The van der Waals surface area contributed by atoms with Gasteiger partial charge in [-0.05, 0) is 38.7 Å². The first-order valence-electron chi connectivity index (χ1n) is 8.91. The first-order chi connectivity index (χ1) is 12.0. The molecule has 0 N–H and O–H groups in total. The second-order valence-electron chi connectivity index (χ2n) is 6.64. The second-order valence-corrected chi connectivity index (χ2v) is 8.30. The minimum atomic E-state index is -1.07. The summed E-state index contributed by atoms with van der Waals surface area (Å²) in [6, 6.07) is 6.15. The predicted molar refractivity (Wildman–Crippen MR) is 101 cm³/mol. The van der Waals surface area contributed by atoms with E-state index >= 15 is 0 Å². The number of hydrogen-bond donors (Lipinski definition) is 0. The Morgan fingerprint density at radius 2 is 2.08 bits per heavy atom. The van der Waals surface area contributed by atoms with Gasteiger partial charge in [-0.25, -0.2) is 13.3 Å². The van der Waals surface area contributed by atoms with Crippen LogP contribution in [0.3, 0.4) is 0 Å². The Labute approximate surface area is 152 Å². The van der Waals surface area contributed by atoms with Crippen LogP contribution in [-0.4, -0.2) is 33.7 Å². The zero-order valence-electron chi connectivity index (χ0n) is 15.2. The molecule has 1 saturated heterocycles. The zero-order chi connectivity index (χ0) is 18.0. The molecule has 0 aromatic heterocycles.